The maximum absolute atomic E-state index is 6.79. The molecule has 0 bridgehead atoms. The molecule has 0 unspecified atom stereocenters. The first-order valence-electron chi connectivity index (χ1n) is 2.14. The Balaban J connectivity index is 0. The van der Waals surface area contributed by atoms with Crippen LogP contribution in [0.1, 0.15) is 12.8 Å². The van der Waals surface area contributed by atoms with Crippen molar-refractivity contribution in [3.63, 3.8) is 0 Å². The second kappa shape index (κ2) is 3.98. The van der Waals surface area contributed by atoms with Crippen LogP contribution in [-0.4, -0.2) is 5.84 Å². The van der Waals surface area contributed by atoms with Gasteiger partial charge in [-0.1, -0.05) is 0 Å². The molecule has 0 saturated heterocycles. The van der Waals surface area contributed by atoms with E-state index < -0.39 is 0 Å². The van der Waals surface area contributed by atoms with Gasteiger partial charge in [0.1, 0.15) is 0 Å². The summed E-state index contributed by atoms with van der Waals surface area (Å²) in [7, 11) is 0. The fraction of sp³-hybridized carbons (Fsp3) is 0.750. The Morgan fingerprint density at radius 3 is 1.75 bits per heavy atom. The van der Waals surface area contributed by atoms with Crippen molar-refractivity contribution < 1.29 is 0 Å². The minimum absolute atomic E-state index is 0. The lowest BCUT2D eigenvalue weighted by molar-refractivity contribution is 1.13. The van der Waals surface area contributed by atoms with Crippen molar-refractivity contribution in [3.8, 4) is 0 Å². The van der Waals surface area contributed by atoms with Crippen LogP contribution in [0.3, 0.4) is 0 Å². The van der Waals surface area contributed by atoms with Gasteiger partial charge in [-0.25, -0.2) is 0 Å². The first-order valence-corrected chi connectivity index (χ1v) is 2.14. The molecule has 3 N–H and O–H groups in total. The highest BCUT2D eigenvalue weighted by Crippen LogP contribution is 2.27. The summed E-state index contributed by atoms with van der Waals surface area (Å²) in [6.07, 6.45) is 2.30. The number of hydrogen-bond donors (Lipinski definition) is 2. The monoisotopic (exact) mass is 156 g/mol. The molecule has 1 saturated carbocycles. The Morgan fingerprint density at radius 2 is 1.75 bits per heavy atom. The van der Waals surface area contributed by atoms with Crippen LogP contribution in [0, 0.1) is 11.3 Å². The van der Waals surface area contributed by atoms with Gasteiger partial charge in [0.15, 0.2) is 0 Å². The van der Waals surface area contributed by atoms with Gasteiger partial charge in [-0.05, 0) is 12.8 Å². The van der Waals surface area contributed by atoms with Gasteiger partial charge in [-0.2, -0.15) is 0 Å². The maximum atomic E-state index is 6.79. The van der Waals surface area contributed by atoms with E-state index in [4.69, 9.17) is 11.1 Å². The number of nitrogens with one attached hydrogen (secondary N) is 1. The number of halogens is 2. The Labute approximate surface area is 61.2 Å². The highest BCUT2D eigenvalue weighted by atomic mass is 35.5. The third kappa shape index (κ3) is 3.10. The summed E-state index contributed by atoms with van der Waals surface area (Å²) in [6.45, 7) is 0. The molecule has 1 fully saturated rings. The van der Waals surface area contributed by atoms with Crippen LogP contribution >= 0.6 is 24.8 Å². The molecule has 4 heteroatoms. The molecule has 0 aliphatic heterocycles. The van der Waals surface area contributed by atoms with Gasteiger partial charge < -0.3 is 5.73 Å². The Morgan fingerprint density at radius 1 is 1.38 bits per heavy atom. The highest BCUT2D eigenvalue weighted by molar-refractivity contribution is 5.85. The second-order valence-electron chi connectivity index (χ2n) is 1.73. The first-order chi connectivity index (χ1) is 2.80. The van der Waals surface area contributed by atoms with Gasteiger partial charge in [-0.3, -0.25) is 5.41 Å². The van der Waals surface area contributed by atoms with E-state index in [1.165, 1.54) is 0 Å². The zero-order valence-electron chi connectivity index (χ0n) is 4.39. The zero-order chi connectivity index (χ0) is 4.57. The average molecular weight is 157 g/mol. The number of amidine groups is 1. The van der Waals surface area contributed by atoms with Crippen molar-refractivity contribution in [2.75, 3.05) is 0 Å². The number of nitrogens with two attached hydrogens (primary N) is 1. The van der Waals surface area contributed by atoms with Crippen molar-refractivity contribution in [2.45, 2.75) is 12.8 Å². The minimum Gasteiger partial charge on any atom is -0.387 e. The second-order valence-corrected chi connectivity index (χ2v) is 1.73. The molecule has 0 aromatic carbocycles. The van der Waals surface area contributed by atoms with Crippen molar-refractivity contribution in [1.29, 1.82) is 5.41 Å². The van der Waals surface area contributed by atoms with Crippen LogP contribution in [0.4, 0.5) is 0 Å². The number of rotatable bonds is 1. The zero-order valence-corrected chi connectivity index (χ0v) is 6.02. The molecule has 8 heavy (non-hydrogen) atoms. The lowest BCUT2D eigenvalue weighted by Gasteiger charge is -1.82. The lowest BCUT2D eigenvalue weighted by atomic mass is 10.4. The van der Waals surface area contributed by atoms with Crippen LogP contribution in [-0.2, 0) is 0 Å². The number of hydrogen-bond acceptors (Lipinski definition) is 1. The van der Waals surface area contributed by atoms with E-state index in [2.05, 4.69) is 0 Å². The predicted molar refractivity (Wildman–Crippen MR) is 39.1 cm³/mol. The van der Waals surface area contributed by atoms with E-state index in [-0.39, 0.29) is 24.8 Å². The van der Waals surface area contributed by atoms with Crippen molar-refractivity contribution in [2.24, 2.45) is 11.7 Å². The molecule has 0 aromatic heterocycles. The smallest absolute Gasteiger partial charge is 0.0936 e. The van der Waals surface area contributed by atoms with Crippen molar-refractivity contribution >= 4 is 30.6 Å². The summed E-state index contributed by atoms with van der Waals surface area (Å²) < 4.78 is 0. The van der Waals surface area contributed by atoms with Gasteiger partial charge in [0, 0.05) is 5.92 Å². The molecule has 2 nitrogen and oxygen atoms in total. The van der Waals surface area contributed by atoms with Crippen LogP contribution in [0.2, 0.25) is 0 Å². The Kier molecular flexibility index (Phi) is 5.44. The van der Waals surface area contributed by atoms with E-state index in [1.54, 1.807) is 0 Å². The third-order valence-electron chi connectivity index (χ3n) is 1.02. The van der Waals surface area contributed by atoms with E-state index in [0.29, 0.717) is 11.8 Å². The van der Waals surface area contributed by atoms with Crippen LogP contribution in [0.25, 0.3) is 0 Å². The molecule has 1 rings (SSSR count). The molecule has 0 heterocycles. The molecule has 0 radical (unpaired) electrons. The lowest BCUT2D eigenvalue weighted by Crippen LogP contribution is -2.10. The molecular formula is C4H10Cl2N2. The standard InChI is InChI=1S/C4H8N2.2ClH/c5-4(6)3-1-2-3;;/h3H,1-2H2,(H3,5,6);2*1H. The topological polar surface area (TPSA) is 49.9 Å². The van der Waals surface area contributed by atoms with Crippen LogP contribution in [0.15, 0.2) is 0 Å². The summed E-state index contributed by atoms with van der Waals surface area (Å²) in [5.41, 5.74) is 5.08. The quantitative estimate of drug-likeness (QED) is 0.435. The first kappa shape index (κ1) is 10.9. The normalized spacial score (nSPS) is 15.5. The van der Waals surface area contributed by atoms with E-state index >= 15 is 0 Å². The molecule has 0 aromatic rings. The van der Waals surface area contributed by atoms with Crippen molar-refractivity contribution in [1.82, 2.24) is 0 Å². The van der Waals surface area contributed by atoms with E-state index in [1.807, 2.05) is 0 Å². The highest BCUT2D eigenvalue weighted by Gasteiger charge is 2.23. The third-order valence-corrected chi connectivity index (χ3v) is 1.02. The van der Waals surface area contributed by atoms with Gasteiger partial charge in [0.2, 0.25) is 0 Å². The van der Waals surface area contributed by atoms with Crippen LogP contribution < -0.4 is 5.73 Å². The fourth-order valence-corrected chi connectivity index (χ4v) is 0.394. The summed E-state index contributed by atoms with van der Waals surface area (Å²) in [5.74, 6) is 0.833. The van der Waals surface area contributed by atoms with E-state index in [0.717, 1.165) is 12.8 Å². The van der Waals surface area contributed by atoms with Gasteiger partial charge in [0.25, 0.3) is 0 Å². The summed E-state index contributed by atoms with van der Waals surface area (Å²) in [6, 6.07) is 0. The maximum Gasteiger partial charge on any atom is 0.0936 e. The molecule has 1 aliphatic carbocycles. The Hall–Kier alpha value is 0.0500. The van der Waals surface area contributed by atoms with Crippen molar-refractivity contribution in [3.05, 3.63) is 0 Å². The largest absolute Gasteiger partial charge is 0.387 e. The molecular weight excluding hydrogens is 147 g/mol. The van der Waals surface area contributed by atoms with E-state index in [9.17, 15) is 0 Å². The Bertz CT molecular complexity index is 80.1. The van der Waals surface area contributed by atoms with Gasteiger partial charge >= 0.3 is 0 Å². The summed E-state index contributed by atoms with van der Waals surface area (Å²) in [4.78, 5) is 0. The van der Waals surface area contributed by atoms with Crippen LogP contribution in [0.5, 0.6) is 0 Å². The minimum atomic E-state index is 0. The average Bonchev–Trinajstić information content (AvgIpc) is 2.06. The molecule has 0 spiro atoms. The molecule has 50 valence electrons. The SMILES string of the molecule is Cl.Cl.N=C(N)C1CC1. The fourth-order valence-electron chi connectivity index (χ4n) is 0.394. The summed E-state index contributed by atoms with van der Waals surface area (Å²) >= 11 is 0. The molecule has 0 atom stereocenters. The molecule has 0 amide bonds. The van der Waals surface area contributed by atoms with Gasteiger partial charge in [0.05, 0.1) is 5.84 Å². The summed E-state index contributed by atoms with van der Waals surface area (Å²) in [5, 5.41) is 6.79. The molecule has 1 aliphatic rings. The van der Waals surface area contributed by atoms with Gasteiger partial charge in [-0.15, -0.1) is 24.8 Å². The predicted octanol–water partition coefficient (Wildman–Crippen LogP) is 1.18.